The predicted molar refractivity (Wildman–Crippen MR) is 85.3 cm³/mol. The van der Waals surface area contributed by atoms with Crippen LogP contribution in [-0.4, -0.2) is 34.7 Å². The van der Waals surface area contributed by atoms with Crippen LogP contribution in [0.3, 0.4) is 0 Å². The van der Waals surface area contributed by atoms with Crippen molar-refractivity contribution in [1.29, 1.82) is 0 Å². The summed E-state index contributed by atoms with van der Waals surface area (Å²) in [7, 11) is 0. The lowest BCUT2D eigenvalue weighted by atomic mass is 10.1. The summed E-state index contributed by atoms with van der Waals surface area (Å²) < 4.78 is 0. The maximum Gasteiger partial charge on any atom is 0.337 e. The van der Waals surface area contributed by atoms with Crippen molar-refractivity contribution in [3.8, 4) is 0 Å². The Morgan fingerprint density at radius 2 is 2.19 bits per heavy atom. The number of anilines is 1. The van der Waals surface area contributed by atoms with Crippen molar-refractivity contribution in [2.75, 3.05) is 17.6 Å². The van der Waals surface area contributed by atoms with Crippen LogP contribution in [0, 0.1) is 6.92 Å². The first kappa shape index (κ1) is 15.7. The molecule has 3 N–H and O–H groups in total. The average molecular weight is 308 g/mol. The van der Waals surface area contributed by atoms with Crippen LogP contribution in [0.4, 0.5) is 10.5 Å². The van der Waals surface area contributed by atoms with Gasteiger partial charge in [0.15, 0.2) is 0 Å². The molecule has 1 saturated heterocycles. The molecule has 1 fully saturated rings. The van der Waals surface area contributed by atoms with Gasteiger partial charge in [-0.2, -0.15) is 11.8 Å². The minimum atomic E-state index is -1.04. The number of thioether (sulfide) groups is 1. The van der Waals surface area contributed by atoms with Crippen molar-refractivity contribution in [2.45, 2.75) is 31.4 Å². The van der Waals surface area contributed by atoms with Crippen molar-refractivity contribution in [3.63, 3.8) is 0 Å². The lowest BCUT2D eigenvalue weighted by molar-refractivity contribution is 0.0698. The van der Waals surface area contributed by atoms with Crippen molar-refractivity contribution in [1.82, 2.24) is 5.32 Å². The van der Waals surface area contributed by atoms with Crippen LogP contribution in [-0.2, 0) is 0 Å². The third kappa shape index (κ3) is 4.67. The summed E-state index contributed by atoms with van der Waals surface area (Å²) in [6.07, 6.45) is 3.58. The van der Waals surface area contributed by atoms with Crippen LogP contribution < -0.4 is 10.6 Å². The number of carbonyl (C=O) groups is 2. The molecule has 2 rings (SSSR count). The number of hydrogen-bond donors (Lipinski definition) is 3. The number of aryl methyl sites for hydroxylation is 1. The Morgan fingerprint density at radius 3 is 2.86 bits per heavy atom. The number of nitrogens with one attached hydrogen (secondary N) is 2. The highest BCUT2D eigenvalue weighted by Gasteiger charge is 2.16. The Bertz CT molecular complexity index is 528. The molecule has 0 aromatic heterocycles. The summed E-state index contributed by atoms with van der Waals surface area (Å²) in [5, 5.41) is 15.1. The molecule has 0 spiro atoms. The number of carboxylic acid groups (broad SMARTS) is 1. The van der Waals surface area contributed by atoms with Gasteiger partial charge in [0.1, 0.15) is 0 Å². The van der Waals surface area contributed by atoms with Gasteiger partial charge in [0.25, 0.3) is 0 Å². The van der Waals surface area contributed by atoms with Crippen LogP contribution in [0.5, 0.6) is 0 Å². The molecular formula is C15H20N2O3S. The number of carbonyl (C=O) groups excluding carboxylic acids is 1. The molecule has 1 aliphatic rings. The van der Waals surface area contributed by atoms with Gasteiger partial charge in [0.2, 0.25) is 0 Å². The van der Waals surface area contributed by atoms with Gasteiger partial charge in [-0.1, -0.05) is 18.1 Å². The molecule has 1 atom stereocenters. The summed E-state index contributed by atoms with van der Waals surface area (Å²) >= 11 is 1.88. The molecule has 0 saturated carbocycles. The largest absolute Gasteiger partial charge is 0.478 e. The first-order chi connectivity index (χ1) is 10.1. The number of aromatic carboxylic acids is 1. The van der Waals surface area contributed by atoms with Crippen molar-refractivity contribution < 1.29 is 14.7 Å². The first-order valence-electron chi connectivity index (χ1n) is 7.06. The highest BCUT2D eigenvalue weighted by atomic mass is 32.2. The molecule has 0 aliphatic carbocycles. The summed E-state index contributed by atoms with van der Waals surface area (Å²) in [5.74, 6) is 0.103. The normalized spacial score (nSPS) is 18.0. The number of urea groups is 1. The van der Waals surface area contributed by atoms with E-state index in [1.54, 1.807) is 18.2 Å². The Kier molecular flexibility index (Phi) is 5.50. The van der Waals surface area contributed by atoms with Gasteiger partial charge in [-0.15, -0.1) is 0 Å². The maximum absolute atomic E-state index is 11.9. The van der Waals surface area contributed by atoms with E-state index in [1.807, 2.05) is 18.7 Å². The summed E-state index contributed by atoms with van der Waals surface area (Å²) in [6.45, 7) is 2.43. The number of benzene rings is 1. The zero-order chi connectivity index (χ0) is 15.2. The minimum Gasteiger partial charge on any atom is -0.478 e. The standard InChI is InChI=1S/C15H20N2O3S/c1-10-5-6-13(12(8-10)14(18)19)17-15(20)16-9-11-4-2-3-7-21-11/h5-6,8,11H,2-4,7,9H2,1H3,(H,18,19)(H2,16,17,20). The van der Waals surface area contributed by atoms with Gasteiger partial charge < -0.3 is 15.7 Å². The van der Waals surface area contributed by atoms with Crippen LogP contribution in [0.1, 0.15) is 35.2 Å². The molecule has 0 radical (unpaired) electrons. The smallest absolute Gasteiger partial charge is 0.337 e. The highest BCUT2D eigenvalue weighted by Crippen LogP contribution is 2.24. The van der Waals surface area contributed by atoms with Gasteiger partial charge >= 0.3 is 12.0 Å². The van der Waals surface area contributed by atoms with Crippen LogP contribution >= 0.6 is 11.8 Å². The third-order valence-electron chi connectivity index (χ3n) is 3.42. The minimum absolute atomic E-state index is 0.109. The number of amides is 2. The number of hydrogen-bond acceptors (Lipinski definition) is 3. The number of rotatable bonds is 4. The Hall–Kier alpha value is -1.69. The Morgan fingerprint density at radius 1 is 1.38 bits per heavy atom. The lowest BCUT2D eigenvalue weighted by Gasteiger charge is -2.21. The summed E-state index contributed by atoms with van der Waals surface area (Å²) in [6, 6.07) is 4.59. The molecule has 1 heterocycles. The lowest BCUT2D eigenvalue weighted by Crippen LogP contribution is -2.35. The fourth-order valence-corrected chi connectivity index (χ4v) is 3.52. The second-order valence-electron chi connectivity index (χ2n) is 5.18. The first-order valence-corrected chi connectivity index (χ1v) is 8.11. The van der Waals surface area contributed by atoms with Gasteiger partial charge in [0, 0.05) is 11.8 Å². The third-order valence-corrected chi connectivity index (χ3v) is 4.82. The van der Waals surface area contributed by atoms with E-state index in [4.69, 9.17) is 5.11 Å². The SMILES string of the molecule is Cc1ccc(NC(=O)NCC2CCCCS2)c(C(=O)O)c1. The quantitative estimate of drug-likeness (QED) is 0.798. The molecule has 1 aromatic carbocycles. The topological polar surface area (TPSA) is 78.4 Å². The van der Waals surface area contributed by atoms with Crippen molar-refractivity contribution in [2.24, 2.45) is 0 Å². The van der Waals surface area contributed by atoms with Crippen LogP contribution in [0.25, 0.3) is 0 Å². The monoisotopic (exact) mass is 308 g/mol. The second-order valence-corrected chi connectivity index (χ2v) is 6.59. The van der Waals surface area contributed by atoms with Crippen LogP contribution in [0.15, 0.2) is 18.2 Å². The number of carboxylic acids is 1. The molecule has 6 heteroatoms. The van der Waals surface area contributed by atoms with Gasteiger partial charge in [-0.05, 0) is 37.7 Å². The van der Waals surface area contributed by atoms with E-state index >= 15 is 0 Å². The molecule has 1 aliphatic heterocycles. The fraction of sp³-hybridized carbons (Fsp3) is 0.467. The van der Waals surface area contributed by atoms with E-state index in [9.17, 15) is 9.59 Å². The summed E-state index contributed by atoms with van der Waals surface area (Å²) in [4.78, 5) is 23.1. The van der Waals surface area contributed by atoms with E-state index in [-0.39, 0.29) is 11.6 Å². The molecule has 1 aromatic rings. The second kappa shape index (κ2) is 7.36. The van der Waals surface area contributed by atoms with Gasteiger partial charge in [-0.3, -0.25) is 0 Å². The predicted octanol–water partition coefficient (Wildman–Crippen LogP) is 3.10. The zero-order valence-corrected chi connectivity index (χ0v) is 12.8. The molecule has 2 amide bonds. The van der Waals surface area contributed by atoms with E-state index in [1.165, 1.54) is 12.8 Å². The van der Waals surface area contributed by atoms with E-state index in [0.29, 0.717) is 17.5 Å². The fourth-order valence-electron chi connectivity index (χ4n) is 2.29. The average Bonchev–Trinajstić information content (AvgIpc) is 2.48. The molecule has 114 valence electrons. The Balaban J connectivity index is 1.91. The zero-order valence-electron chi connectivity index (χ0n) is 12.0. The van der Waals surface area contributed by atoms with Crippen molar-refractivity contribution >= 4 is 29.4 Å². The summed E-state index contributed by atoms with van der Waals surface area (Å²) in [5.41, 5.74) is 1.27. The van der Waals surface area contributed by atoms with E-state index in [2.05, 4.69) is 10.6 Å². The molecule has 5 nitrogen and oxygen atoms in total. The van der Waals surface area contributed by atoms with Crippen LogP contribution in [0.2, 0.25) is 0 Å². The maximum atomic E-state index is 11.9. The van der Waals surface area contributed by atoms with Gasteiger partial charge in [0.05, 0.1) is 11.3 Å². The van der Waals surface area contributed by atoms with Crippen molar-refractivity contribution in [3.05, 3.63) is 29.3 Å². The molecule has 21 heavy (non-hydrogen) atoms. The molecular weight excluding hydrogens is 288 g/mol. The van der Waals surface area contributed by atoms with Gasteiger partial charge in [-0.25, -0.2) is 9.59 Å². The Labute approximate surface area is 128 Å². The van der Waals surface area contributed by atoms with E-state index in [0.717, 1.165) is 17.7 Å². The molecule has 1 unspecified atom stereocenters. The molecule has 0 bridgehead atoms. The van der Waals surface area contributed by atoms with E-state index < -0.39 is 5.97 Å². The highest BCUT2D eigenvalue weighted by molar-refractivity contribution is 7.99.